The topological polar surface area (TPSA) is 57.3 Å². The van der Waals surface area contributed by atoms with Gasteiger partial charge >= 0.3 is 6.03 Å². The van der Waals surface area contributed by atoms with Gasteiger partial charge in [-0.3, -0.25) is 4.98 Å². The molecule has 0 saturated carbocycles. The second-order valence-corrected chi connectivity index (χ2v) is 6.04. The van der Waals surface area contributed by atoms with Gasteiger partial charge < -0.3 is 15.5 Å². The molecule has 1 atom stereocenters. The fourth-order valence-corrected chi connectivity index (χ4v) is 2.71. The first kappa shape index (κ1) is 16.4. The predicted molar refractivity (Wildman–Crippen MR) is 90.9 cm³/mol. The van der Waals surface area contributed by atoms with E-state index in [1.165, 1.54) is 6.07 Å². The Morgan fingerprint density at radius 1 is 1.38 bits per heavy atom. The molecule has 2 heterocycles. The molecule has 0 bridgehead atoms. The maximum Gasteiger partial charge on any atom is 0.315 e. The highest BCUT2D eigenvalue weighted by atomic mass is 19.1. The average molecular weight is 328 g/mol. The van der Waals surface area contributed by atoms with Crippen molar-refractivity contribution in [2.75, 3.05) is 20.1 Å². The number of halogens is 1. The Morgan fingerprint density at radius 3 is 2.88 bits per heavy atom. The lowest BCUT2D eigenvalue weighted by Crippen LogP contribution is -2.52. The molecule has 2 aromatic rings. The number of likely N-dealkylation sites (tertiary alicyclic amines) is 1. The minimum absolute atomic E-state index is 0.230. The molecule has 1 aromatic heterocycles. The van der Waals surface area contributed by atoms with Crippen molar-refractivity contribution in [2.45, 2.75) is 19.0 Å². The molecule has 1 aromatic carbocycles. The van der Waals surface area contributed by atoms with Crippen LogP contribution in [0.25, 0.3) is 11.1 Å². The molecule has 5 nitrogen and oxygen atoms in total. The van der Waals surface area contributed by atoms with Crippen molar-refractivity contribution in [3.05, 3.63) is 54.1 Å². The Hall–Kier alpha value is -2.47. The van der Waals surface area contributed by atoms with E-state index in [9.17, 15) is 9.18 Å². The number of hydrogen-bond acceptors (Lipinski definition) is 3. The van der Waals surface area contributed by atoms with Gasteiger partial charge in [-0.2, -0.15) is 0 Å². The van der Waals surface area contributed by atoms with E-state index in [2.05, 4.69) is 20.5 Å². The molecular weight excluding hydrogens is 307 g/mol. The molecule has 1 saturated heterocycles. The maximum atomic E-state index is 14.2. The first-order valence-corrected chi connectivity index (χ1v) is 8.04. The van der Waals surface area contributed by atoms with E-state index < -0.39 is 0 Å². The van der Waals surface area contributed by atoms with Gasteiger partial charge in [-0.15, -0.1) is 0 Å². The van der Waals surface area contributed by atoms with Crippen LogP contribution in [0.15, 0.2) is 42.7 Å². The van der Waals surface area contributed by atoms with Crippen LogP contribution < -0.4 is 10.6 Å². The van der Waals surface area contributed by atoms with Gasteiger partial charge in [0.25, 0.3) is 0 Å². The largest absolute Gasteiger partial charge is 0.337 e. The second-order valence-electron chi connectivity index (χ2n) is 6.04. The Balaban J connectivity index is 1.52. The minimum Gasteiger partial charge on any atom is -0.337 e. The maximum absolute atomic E-state index is 14.2. The number of benzene rings is 1. The summed E-state index contributed by atoms with van der Waals surface area (Å²) >= 11 is 0. The first-order valence-electron chi connectivity index (χ1n) is 8.04. The second kappa shape index (κ2) is 7.40. The molecular formula is C18H21FN4O. The highest BCUT2D eigenvalue weighted by Crippen LogP contribution is 2.22. The number of rotatable bonds is 5. The number of aromatic nitrogens is 1. The summed E-state index contributed by atoms with van der Waals surface area (Å²) in [6.45, 7) is 2.00. The van der Waals surface area contributed by atoms with Crippen LogP contribution in [-0.2, 0) is 6.54 Å². The lowest BCUT2D eigenvalue weighted by Gasteiger charge is -2.37. The lowest BCUT2D eigenvalue weighted by atomic mass is 10.0. The van der Waals surface area contributed by atoms with Gasteiger partial charge in [0.2, 0.25) is 0 Å². The van der Waals surface area contributed by atoms with Crippen molar-refractivity contribution in [1.29, 1.82) is 0 Å². The van der Waals surface area contributed by atoms with Crippen LogP contribution in [-0.4, -0.2) is 42.1 Å². The van der Waals surface area contributed by atoms with E-state index in [0.29, 0.717) is 18.2 Å². The Kier molecular flexibility index (Phi) is 5.05. The molecule has 1 fully saturated rings. The van der Waals surface area contributed by atoms with Crippen LogP contribution in [0.2, 0.25) is 0 Å². The van der Waals surface area contributed by atoms with Gasteiger partial charge in [0.15, 0.2) is 0 Å². The molecule has 0 spiro atoms. The number of hydrogen-bond donors (Lipinski definition) is 2. The van der Waals surface area contributed by atoms with Gasteiger partial charge in [0, 0.05) is 42.7 Å². The number of carbonyl (C=O) groups is 1. The van der Waals surface area contributed by atoms with Crippen molar-refractivity contribution >= 4 is 6.03 Å². The van der Waals surface area contributed by atoms with Crippen molar-refractivity contribution in [2.24, 2.45) is 0 Å². The highest BCUT2D eigenvalue weighted by Gasteiger charge is 2.23. The van der Waals surface area contributed by atoms with Crippen molar-refractivity contribution in [3.8, 4) is 11.1 Å². The fourth-order valence-electron chi connectivity index (χ4n) is 2.71. The molecule has 0 aliphatic carbocycles. The predicted octanol–water partition coefficient (Wildman–Crippen LogP) is 2.39. The molecule has 1 unspecified atom stereocenters. The van der Waals surface area contributed by atoms with Gasteiger partial charge in [-0.05, 0) is 37.7 Å². The van der Waals surface area contributed by atoms with Crippen LogP contribution >= 0.6 is 0 Å². The van der Waals surface area contributed by atoms with Crippen LogP contribution in [0.4, 0.5) is 9.18 Å². The zero-order chi connectivity index (χ0) is 16.9. The van der Waals surface area contributed by atoms with Crippen molar-refractivity contribution < 1.29 is 9.18 Å². The summed E-state index contributed by atoms with van der Waals surface area (Å²) in [7, 11) is 2.04. The molecule has 1 aliphatic rings. The van der Waals surface area contributed by atoms with E-state index in [4.69, 9.17) is 0 Å². The summed E-state index contributed by atoms with van der Waals surface area (Å²) in [5.74, 6) is -0.321. The van der Waals surface area contributed by atoms with Crippen LogP contribution in [0.5, 0.6) is 0 Å². The number of nitrogens with zero attached hydrogens (tertiary/aromatic N) is 2. The van der Waals surface area contributed by atoms with E-state index >= 15 is 0 Å². The number of amides is 2. The fraction of sp³-hybridized carbons (Fsp3) is 0.333. The van der Waals surface area contributed by atoms with Crippen LogP contribution in [0.3, 0.4) is 0 Å². The van der Waals surface area contributed by atoms with Crippen molar-refractivity contribution in [3.63, 3.8) is 0 Å². The van der Waals surface area contributed by atoms with Crippen molar-refractivity contribution in [1.82, 2.24) is 20.5 Å². The van der Waals surface area contributed by atoms with Crippen LogP contribution in [0, 0.1) is 5.82 Å². The number of nitrogens with one attached hydrogen (secondary N) is 2. The van der Waals surface area contributed by atoms with Gasteiger partial charge in [-0.1, -0.05) is 18.2 Å². The summed E-state index contributed by atoms with van der Waals surface area (Å²) in [5, 5.41) is 5.60. The van der Waals surface area contributed by atoms with Gasteiger partial charge in [0.1, 0.15) is 5.82 Å². The molecule has 0 radical (unpaired) electrons. The third kappa shape index (κ3) is 3.89. The van der Waals surface area contributed by atoms with E-state index in [0.717, 1.165) is 24.1 Å². The normalized spacial score (nSPS) is 17.2. The van der Waals surface area contributed by atoms with Crippen LogP contribution in [0.1, 0.15) is 12.0 Å². The monoisotopic (exact) mass is 328 g/mol. The molecule has 24 heavy (non-hydrogen) atoms. The van der Waals surface area contributed by atoms with Gasteiger partial charge in [0.05, 0.1) is 0 Å². The molecule has 1 aliphatic heterocycles. The molecule has 126 valence electrons. The Bertz CT molecular complexity index is 707. The number of carbonyl (C=O) groups excluding carboxylic acids is 1. The summed E-state index contributed by atoms with van der Waals surface area (Å²) in [6.07, 6.45) is 4.39. The molecule has 2 amide bonds. The third-order valence-corrected chi connectivity index (χ3v) is 4.40. The number of urea groups is 1. The summed E-state index contributed by atoms with van der Waals surface area (Å²) in [5.41, 5.74) is 1.96. The SMILES string of the molecule is CN1CCC1CNC(=O)NCc1ccc(-c2cccnc2)c(F)c1. The number of pyridine rings is 1. The average Bonchev–Trinajstić information content (AvgIpc) is 2.59. The van der Waals surface area contributed by atoms with E-state index in [1.54, 1.807) is 24.5 Å². The van der Waals surface area contributed by atoms with E-state index in [-0.39, 0.29) is 18.4 Å². The van der Waals surface area contributed by atoms with Gasteiger partial charge in [-0.25, -0.2) is 9.18 Å². The number of likely N-dealkylation sites (N-methyl/N-ethyl adjacent to an activating group) is 1. The molecule has 3 rings (SSSR count). The van der Waals surface area contributed by atoms with E-state index in [1.807, 2.05) is 19.2 Å². The Morgan fingerprint density at radius 2 is 2.25 bits per heavy atom. The first-order chi connectivity index (χ1) is 11.6. The lowest BCUT2D eigenvalue weighted by molar-refractivity contribution is 0.126. The summed E-state index contributed by atoms with van der Waals surface area (Å²) < 4.78 is 14.2. The Labute approximate surface area is 140 Å². The molecule has 2 N–H and O–H groups in total. The standard InChI is InChI=1S/C18H21FN4O/c1-23-8-6-15(23)12-22-18(24)21-10-13-4-5-16(17(19)9-13)14-3-2-7-20-11-14/h2-5,7,9,11,15H,6,8,10,12H2,1H3,(H2,21,22,24). The third-order valence-electron chi connectivity index (χ3n) is 4.40. The smallest absolute Gasteiger partial charge is 0.315 e. The summed E-state index contributed by atoms with van der Waals surface area (Å²) in [4.78, 5) is 18.0. The zero-order valence-corrected chi connectivity index (χ0v) is 13.6. The zero-order valence-electron chi connectivity index (χ0n) is 13.6. The summed E-state index contributed by atoms with van der Waals surface area (Å²) in [6, 6.07) is 8.75. The highest BCUT2D eigenvalue weighted by molar-refractivity contribution is 5.74. The quantitative estimate of drug-likeness (QED) is 0.886. The minimum atomic E-state index is -0.321. The molecule has 6 heteroatoms.